The second kappa shape index (κ2) is 5.41. The molecular weight excluding hydrogens is 222 g/mol. The van der Waals surface area contributed by atoms with Crippen LogP contribution in [0.2, 0.25) is 0 Å². The highest BCUT2D eigenvalue weighted by molar-refractivity contribution is 5.30. The molecule has 0 bridgehead atoms. The highest BCUT2D eigenvalue weighted by atomic mass is 16.3. The molecule has 0 saturated carbocycles. The SMILES string of the molecule is CC(C)(C)c1ccc(C(CO)C2CCNC2)cc1. The molecule has 1 saturated heterocycles. The van der Waals surface area contributed by atoms with Gasteiger partial charge in [-0.1, -0.05) is 45.0 Å². The summed E-state index contributed by atoms with van der Waals surface area (Å²) >= 11 is 0. The van der Waals surface area contributed by atoms with Crippen LogP contribution < -0.4 is 5.32 Å². The molecule has 2 nitrogen and oxygen atoms in total. The Hall–Kier alpha value is -0.860. The predicted octanol–water partition coefficient (Wildman–Crippen LogP) is 2.67. The number of aliphatic hydroxyl groups excluding tert-OH is 1. The minimum absolute atomic E-state index is 0.197. The van der Waals surface area contributed by atoms with E-state index in [0.29, 0.717) is 5.92 Å². The fourth-order valence-electron chi connectivity index (χ4n) is 2.78. The first-order chi connectivity index (χ1) is 8.52. The lowest BCUT2D eigenvalue weighted by Gasteiger charge is -2.23. The topological polar surface area (TPSA) is 32.3 Å². The third-order valence-corrected chi connectivity index (χ3v) is 4.07. The van der Waals surface area contributed by atoms with Crippen LogP contribution in [0, 0.1) is 5.92 Å². The Morgan fingerprint density at radius 3 is 2.39 bits per heavy atom. The molecule has 1 fully saturated rings. The van der Waals surface area contributed by atoms with Gasteiger partial charge >= 0.3 is 0 Å². The van der Waals surface area contributed by atoms with Crippen LogP contribution in [-0.2, 0) is 5.41 Å². The van der Waals surface area contributed by atoms with E-state index in [0.717, 1.165) is 13.1 Å². The second-order valence-electron chi connectivity index (χ2n) is 6.41. The van der Waals surface area contributed by atoms with Gasteiger partial charge in [-0.2, -0.15) is 0 Å². The molecular formula is C16H25NO. The molecule has 2 rings (SSSR count). The quantitative estimate of drug-likeness (QED) is 0.860. The maximum atomic E-state index is 9.64. The lowest BCUT2D eigenvalue weighted by molar-refractivity contribution is 0.231. The number of hydrogen-bond acceptors (Lipinski definition) is 2. The van der Waals surface area contributed by atoms with Gasteiger partial charge < -0.3 is 10.4 Å². The number of nitrogens with one attached hydrogen (secondary N) is 1. The molecule has 1 aromatic carbocycles. The highest BCUT2D eigenvalue weighted by Gasteiger charge is 2.25. The average Bonchev–Trinajstić information content (AvgIpc) is 2.83. The van der Waals surface area contributed by atoms with Crippen molar-refractivity contribution >= 4 is 0 Å². The third-order valence-electron chi connectivity index (χ3n) is 4.07. The van der Waals surface area contributed by atoms with E-state index < -0.39 is 0 Å². The van der Waals surface area contributed by atoms with E-state index in [9.17, 15) is 5.11 Å². The van der Waals surface area contributed by atoms with E-state index in [1.165, 1.54) is 17.5 Å². The van der Waals surface area contributed by atoms with Gasteiger partial charge in [0, 0.05) is 5.92 Å². The molecule has 1 heterocycles. The van der Waals surface area contributed by atoms with Crippen molar-refractivity contribution in [1.29, 1.82) is 0 Å². The van der Waals surface area contributed by atoms with Crippen LogP contribution >= 0.6 is 0 Å². The summed E-state index contributed by atoms with van der Waals surface area (Å²) in [4.78, 5) is 0. The fraction of sp³-hybridized carbons (Fsp3) is 0.625. The standard InChI is InChI=1S/C16H25NO/c1-16(2,3)14-6-4-12(5-7-14)15(11-18)13-8-9-17-10-13/h4-7,13,15,17-18H,8-11H2,1-3H3. The van der Waals surface area contributed by atoms with Crippen molar-refractivity contribution in [1.82, 2.24) is 5.32 Å². The predicted molar refractivity (Wildman–Crippen MR) is 75.9 cm³/mol. The second-order valence-corrected chi connectivity index (χ2v) is 6.41. The largest absolute Gasteiger partial charge is 0.396 e. The van der Waals surface area contributed by atoms with Crippen molar-refractivity contribution < 1.29 is 5.11 Å². The van der Waals surface area contributed by atoms with Crippen molar-refractivity contribution in [2.24, 2.45) is 5.92 Å². The molecule has 18 heavy (non-hydrogen) atoms. The minimum atomic E-state index is 0.197. The summed E-state index contributed by atoms with van der Waals surface area (Å²) in [6.45, 7) is 9.06. The number of aliphatic hydroxyl groups is 1. The molecule has 2 N–H and O–H groups in total. The Bertz CT molecular complexity index is 371. The summed E-state index contributed by atoms with van der Waals surface area (Å²) in [7, 11) is 0. The highest BCUT2D eigenvalue weighted by Crippen LogP contribution is 2.30. The zero-order chi connectivity index (χ0) is 13.2. The van der Waals surface area contributed by atoms with Gasteiger partial charge in [0.15, 0.2) is 0 Å². The molecule has 0 radical (unpaired) electrons. The summed E-state index contributed by atoms with van der Waals surface area (Å²) in [5.41, 5.74) is 2.83. The fourth-order valence-corrected chi connectivity index (χ4v) is 2.78. The van der Waals surface area contributed by atoms with E-state index in [2.05, 4.69) is 50.4 Å². The van der Waals surface area contributed by atoms with Crippen LogP contribution in [0.1, 0.15) is 44.2 Å². The van der Waals surface area contributed by atoms with Crippen LogP contribution in [0.3, 0.4) is 0 Å². The summed E-state index contributed by atoms with van der Waals surface area (Å²) in [6, 6.07) is 8.81. The Morgan fingerprint density at radius 1 is 1.28 bits per heavy atom. The van der Waals surface area contributed by atoms with E-state index >= 15 is 0 Å². The lowest BCUT2D eigenvalue weighted by Crippen LogP contribution is -2.19. The molecule has 2 atom stereocenters. The Morgan fingerprint density at radius 2 is 1.94 bits per heavy atom. The molecule has 0 amide bonds. The molecule has 0 spiro atoms. The van der Waals surface area contributed by atoms with E-state index in [1.807, 2.05) is 0 Å². The molecule has 1 aliphatic rings. The van der Waals surface area contributed by atoms with Crippen LogP contribution in [0.5, 0.6) is 0 Å². The number of benzene rings is 1. The van der Waals surface area contributed by atoms with Gasteiger partial charge in [-0.05, 0) is 42.0 Å². The first kappa shape index (κ1) is 13.6. The van der Waals surface area contributed by atoms with Crippen LogP contribution in [0.15, 0.2) is 24.3 Å². The van der Waals surface area contributed by atoms with E-state index in [1.54, 1.807) is 0 Å². The van der Waals surface area contributed by atoms with Crippen molar-refractivity contribution in [2.45, 2.75) is 38.5 Å². The van der Waals surface area contributed by atoms with Gasteiger partial charge in [-0.15, -0.1) is 0 Å². The number of rotatable bonds is 3. The van der Waals surface area contributed by atoms with Crippen molar-refractivity contribution in [3.63, 3.8) is 0 Å². The van der Waals surface area contributed by atoms with Crippen molar-refractivity contribution in [2.75, 3.05) is 19.7 Å². The van der Waals surface area contributed by atoms with Crippen molar-refractivity contribution in [3.8, 4) is 0 Å². The smallest absolute Gasteiger partial charge is 0.0502 e. The average molecular weight is 247 g/mol. The van der Waals surface area contributed by atoms with E-state index in [4.69, 9.17) is 0 Å². The van der Waals surface area contributed by atoms with Gasteiger partial charge in [0.1, 0.15) is 0 Å². The van der Waals surface area contributed by atoms with Gasteiger partial charge in [0.25, 0.3) is 0 Å². The van der Waals surface area contributed by atoms with E-state index in [-0.39, 0.29) is 17.9 Å². The lowest BCUT2D eigenvalue weighted by atomic mass is 9.82. The summed E-state index contributed by atoms with van der Waals surface area (Å²) < 4.78 is 0. The molecule has 1 aliphatic heterocycles. The monoisotopic (exact) mass is 247 g/mol. The van der Waals surface area contributed by atoms with Crippen LogP contribution in [-0.4, -0.2) is 24.8 Å². The minimum Gasteiger partial charge on any atom is -0.396 e. The van der Waals surface area contributed by atoms with Gasteiger partial charge in [-0.3, -0.25) is 0 Å². The molecule has 2 unspecified atom stereocenters. The zero-order valence-corrected chi connectivity index (χ0v) is 11.7. The maximum Gasteiger partial charge on any atom is 0.0502 e. The van der Waals surface area contributed by atoms with Gasteiger partial charge in [-0.25, -0.2) is 0 Å². The summed E-state index contributed by atoms with van der Waals surface area (Å²) in [5.74, 6) is 0.865. The number of hydrogen-bond donors (Lipinski definition) is 2. The first-order valence-electron chi connectivity index (χ1n) is 6.94. The summed E-state index contributed by atoms with van der Waals surface area (Å²) in [5, 5.41) is 13.0. The van der Waals surface area contributed by atoms with Gasteiger partial charge in [0.2, 0.25) is 0 Å². The zero-order valence-electron chi connectivity index (χ0n) is 11.7. The Kier molecular flexibility index (Phi) is 4.08. The van der Waals surface area contributed by atoms with Crippen LogP contribution in [0.25, 0.3) is 0 Å². The molecule has 0 aromatic heterocycles. The molecule has 2 heteroatoms. The molecule has 1 aromatic rings. The molecule has 0 aliphatic carbocycles. The normalized spacial score (nSPS) is 22.1. The Balaban J connectivity index is 2.16. The third kappa shape index (κ3) is 2.93. The molecule has 100 valence electrons. The van der Waals surface area contributed by atoms with Crippen LogP contribution in [0.4, 0.5) is 0 Å². The van der Waals surface area contributed by atoms with Crippen molar-refractivity contribution in [3.05, 3.63) is 35.4 Å². The summed E-state index contributed by atoms with van der Waals surface area (Å²) in [6.07, 6.45) is 1.17. The Labute approximate surface area is 110 Å². The van der Waals surface area contributed by atoms with Gasteiger partial charge in [0.05, 0.1) is 6.61 Å². The first-order valence-corrected chi connectivity index (χ1v) is 6.94. The maximum absolute atomic E-state index is 9.64.